The first-order chi connectivity index (χ1) is 7.29. The Bertz CT molecular complexity index is 190. The van der Waals surface area contributed by atoms with E-state index >= 15 is 0 Å². The van der Waals surface area contributed by atoms with E-state index < -0.39 is 0 Å². The fourth-order valence-corrected chi connectivity index (χ4v) is 2.56. The van der Waals surface area contributed by atoms with Crippen LogP contribution in [0.25, 0.3) is 0 Å². The molecule has 0 unspecified atom stereocenters. The third-order valence-electron chi connectivity index (χ3n) is 3.20. The molecule has 0 saturated heterocycles. The molecule has 0 bridgehead atoms. The van der Waals surface area contributed by atoms with Gasteiger partial charge in [0.05, 0.1) is 0 Å². The number of hydrogen-bond acceptors (Lipinski definition) is 1. The van der Waals surface area contributed by atoms with Gasteiger partial charge in [0, 0.05) is 24.9 Å². The first-order valence-corrected chi connectivity index (χ1v) is 6.68. The van der Waals surface area contributed by atoms with Crippen LogP contribution in [0.15, 0.2) is 0 Å². The molecule has 1 rings (SSSR count). The zero-order valence-corrected chi connectivity index (χ0v) is 10.4. The Morgan fingerprint density at radius 2 is 2.00 bits per heavy atom. The molecule has 1 aliphatic carbocycles. The fourth-order valence-electron chi connectivity index (χ4n) is 2.37. The zero-order chi connectivity index (χ0) is 11.1. The lowest BCUT2D eigenvalue weighted by atomic mass is 10.1. The fraction of sp³-hybridized carbons (Fsp3) is 0.917. The van der Waals surface area contributed by atoms with E-state index in [0.29, 0.717) is 24.2 Å². The molecule has 1 fully saturated rings. The van der Waals surface area contributed by atoms with Gasteiger partial charge in [-0.05, 0) is 32.6 Å². The Hall–Kier alpha value is -0.240. The van der Waals surface area contributed by atoms with Crippen LogP contribution in [0, 0.1) is 0 Å². The van der Waals surface area contributed by atoms with Crippen molar-refractivity contribution in [2.75, 3.05) is 12.4 Å². The Morgan fingerprint density at radius 3 is 2.53 bits per heavy atom. The van der Waals surface area contributed by atoms with Gasteiger partial charge in [-0.3, -0.25) is 4.79 Å². The van der Waals surface area contributed by atoms with Crippen LogP contribution in [-0.2, 0) is 4.79 Å². The van der Waals surface area contributed by atoms with Crippen molar-refractivity contribution in [3.05, 3.63) is 0 Å². The summed E-state index contributed by atoms with van der Waals surface area (Å²) in [5.41, 5.74) is 0. The summed E-state index contributed by atoms with van der Waals surface area (Å²) < 4.78 is 0. The molecule has 0 spiro atoms. The predicted molar refractivity (Wildman–Crippen MR) is 64.2 cm³/mol. The number of alkyl halides is 1. The van der Waals surface area contributed by atoms with Crippen molar-refractivity contribution in [2.45, 2.75) is 57.9 Å². The molecule has 0 radical (unpaired) electrons. The molecule has 1 amide bonds. The maximum atomic E-state index is 11.9. The number of rotatable bonds is 6. The Morgan fingerprint density at radius 1 is 1.33 bits per heavy atom. The third-order valence-corrected chi connectivity index (χ3v) is 3.47. The molecule has 1 aliphatic rings. The topological polar surface area (TPSA) is 20.3 Å². The summed E-state index contributed by atoms with van der Waals surface area (Å²) in [7, 11) is 0. The van der Waals surface area contributed by atoms with Crippen LogP contribution < -0.4 is 0 Å². The van der Waals surface area contributed by atoms with Crippen LogP contribution in [0.2, 0.25) is 0 Å². The van der Waals surface area contributed by atoms with E-state index in [1.54, 1.807) is 0 Å². The lowest BCUT2D eigenvalue weighted by Gasteiger charge is -2.27. The van der Waals surface area contributed by atoms with Crippen LogP contribution >= 0.6 is 11.6 Å². The van der Waals surface area contributed by atoms with Crippen molar-refractivity contribution in [3.8, 4) is 0 Å². The molecule has 0 N–H and O–H groups in total. The van der Waals surface area contributed by atoms with Gasteiger partial charge >= 0.3 is 0 Å². The van der Waals surface area contributed by atoms with Crippen LogP contribution in [0.4, 0.5) is 0 Å². The molecule has 0 aromatic rings. The summed E-state index contributed by atoms with van der Waals surface area (Å²) in [5, 5.41) is 0. The number of amides is 1. The minimum atomic E-state index is 0.328. The maximum Gasteiger partial charge on any atom is 0.222 e. The zero-order valence-electron chi connectivity index (χ0n) is 9.67. The van der Waals surface area contributed by atoms with E-state index in [1.165, 1.54) is 25.7 Å². The third kappa shape index (κ3) is 4.02. The minimum Gasteiger partial charge on any atom is -0.340 e. The van der Waals surface area contributed by atoms with Gasteiger partial charge in [-0.25, -0.2) is 0 Å². The highest BCUT2D eigenvalue weighted by atomic mass is 35.5. The molecule has 1 saturated carbocycles. The van der Waals surface area contributed by atoms with E-state index in [9.17, 15) is 4.79 Å². The molecule has 0 aliphatic heterocycles. The first kappa shape index (κ1) is 12.8. The van der Waals surface area contributed by atoms with Crippen LogP contribution in [0.1, 0.15) is 51.9 Å². The van der Waals surface area contributed by atoms with E-state index in [4.69, 9.17) is 11.6 Å². The quantitative estimate of drug-likeness (QED) is 0.508. The highest BCUT2D eigenvalue weighted by Crippen LogP contribution is 2.24. The SMILES string of the molecule is CCN(C(=O)CCCCCl)C1CCCC1. The summed E-state index contributed by atoms with van der Waals surface area (Å²) in [4.78, 5) is 14.0. The molecule has 0 aromatic carbocycles. The predicted octanol–water partition coefficient (Wildman–Crippen LogP) is 3.19. The van der Waals surface area contributed by atoms with Crippen molar-refractivity contribution in [3.63, 3.8) is 0 Å². The highest BCUT2D eigenvalue weighted by Gasteiger charge is 2.24. The monoisotopic (exact) mass is 231 g/mol. The van der Waals surface area contributed by atoms with Gasteiger partial charge in [0.1, 0.15) is 0 Å². The molecule has 0 heterocycles. The molecule has 0 aromatic heterocycles. The van der Waals surface area contributed by atoms with E-state index in [0.717, 1.165) is 19.4 Å². The standard InChI is InChI=1S/C12H22ClNO/c1-2-14(11-7-3-4-8-11)12(15)9-5-6-10-13/h11H,2-10H2,1H3. The minimum absolute atomic E-state index is 0.328. The van der Waals surface area contributed by atoms with Gasteiger partial charge in [-0.2, -0.15) is 0 Å². The van der Waals surface area contributed by atoms with Crippen molar-refractivity contribution in [2.24, 2.45) is 0 Å². The maximum absolute atomic E-state index is 11.9. The average molecular weight is 232 g/mol. The molecule has 0 atom stereocenters. The van der Waals surface area contributed by atoms with Gasteiger partial charge in [0.25, 0.3) is 0 Å². The van der Waals surface area contributed by atoms with Gasteiger partial charge in [0.15, 0.2) is 0 Å². The van der Waals surface area contributed by atoms with E-state index in [2.05, 4.69) is 11.8 Å². The van der Waals surface area contributed by atoms with Crippen molar-refractivity contribution in [1.82, 2.24) is 4.90 Å². The number of nitrogens with zero attached hydrogens (tertiary/aromatic N) is 1. The normalized spacial score (nSPS) is 16.9. The Kier molecular flexibility index (Phi) is 6.07. The van der Waals surface area contributed by atoms with Crippen molar-refractivity contribution < 1.29 is 4.79 Å². The van der Waals surface area contributed by atoms with Gasteiger partial charge < -0.3 is 4.90 Å². The molecular weight excluding hydrogens is 210 g/mol. The molecule has 15 heavy (non-hydrogen) atoms. The summed E-state index contributed by atoms with van der Waals surface area (Å²) in [6.45, 7) is 2.95. The van der Waals surface area contributed by atoms with Crippen molar-refractivity contribution >= 4 is 17.5 Å². The molecule has 2 nitrogen and oxygen atoms in total. The second kappa shape index (κ2) is 7.10. The van der Waals surface area contributed by atoms with E-state index in [-0.39, 0.29) is 0 Å². The lowest BCUT2D eigenvalue weighted by molar-refractivity contribution is -0.133. The molecular formula is C12H22ClNO. The largest absolute Gasteiger partial charge is 0.340 e. The second-order valence-corrected chi connectivity index (χ2v) is 4.64. The lowest BCUT2D eigenvalue weighted by Crippen LogP contribution is -2.38. The highest BCUT2D eigenvalue weighted by molar-refractivity contribution is 6.17. The van der Waals surface area contributed by atoms with Crippen LogP contribution in [0.5, 0.6) is 0 Å². The molecule has 88 valence electrons. The number of carbonyl (C=O) groups is 1. The van der Waals surface area contributed by atoms with Crippen LogP contribution in [0.3, 0.4) is 0 Å². The van der Waals surface area contributed by atoms with Gasteiger partial charge in [-0.15, -0.1) is 11.6 Å². The van der Waals surface area contributed by atoms with E-state index in [1.807, 2.05) is 0 Å². The second-order valence-electron chi connectivity index (χ2n) is 4.26. The van der Waals surface area contributed by atoms with Gasteiger partial charge in [0.2, 0.25) is 5.91 Å². The summed E-state index contributed by atoms with van der Waals surface area (Å²) >= 11 is 5.60. The number of carbonyl (C=O) groups excluding carboxylic acids is 1. The summed E-state index contributed by atoms with van der Waals surface area (Å²) in [5.74, 6) is 0.998. The Labute approximate surface area is 98.0 Å². The summed E-state index contributed by atoms with van der Waals surface area (Å²) in [6, 6.07) is 0.526. The number of unbranched alkanes of at least 4 members (excludes halogenated alkanes) is 1. The first-order valence-electron chi connectivity index (χ1n) is 6.15. The van der Waals surface area contributed by atoms with Crippen LogP contribution in [-0.4, -0.2) is 29.3 Å². The van der Waals surface area contributed by atoms with Crippen molar-refractivity contribution in [1.29, 1.82) is 0 Å². The van der Waals surface area contributed by atoms with Gasteiger partial charge in [-0.1, -0.05) is 12.8 Å². The average Bonchev–Trinajstić information content (AvgIpc) is 2.73. The smallest absolute Gasteiger partial charge is 0.222 e. The summed E-state index contributed by atoms with van der Waals surface area (Å²) in [6.07, 6.45) is 7.55. The number of halogens is 1. The molecule has 3 heteroatoms. The Balaban J connectivity index is 2.32. The number of hydrogen-bond donors (Lipinski definition) is 0.